The SMILES string of the molecule is COCc1noc(CCNC(=O)Nc2ccc3c(c2)O[C@@H](C)C(=O)N3C)n1. The zero-order valence-electron chi connectivity index (χ0n) is 15.3. The molecule has 3 amide bonds. The molecule has 0 aliphatic carbocycles. The number of nitrogens with one attached hydrogen (secondary N) is 2. The average Bonchev–Trinajstić information content (AvgIpc) is 3.07. The Bertz CT molecular complexity index is 837. The summed E-state index contributed by atoms with van der Waals surface area (Å²) in [5, 5.41) is 9.18. The molecular weight excluding hydrogens is 354 g/mol. The van der Waals surface area contributed by atoms with Crippen molar-refractivity contribution in [2.75, 3.05) is 30.9 Å². The lowest BCUT2D eigenvalue weighted by Gasteiger charge is -2.30. The Kier molecular flexibility index (Phi) is 5.55. The number of likely N-dealkylation sites (N-methyl/N-ethyl adjacent to an activating group) is 1. The third-order valence-electron chi connectivity index (χ3n) is 3.97. The van der Waals surface area contributed by atoms with Crippen molar-refractivity contribution in [1.82, 2.24) is 15.5 Å². The number of carbonyl (C=O) groups excluding carboxylic acids is 2. The molecule has 2 aromatic rings. The monoisotopic (exact) mass is 375 g/mol. The summed E-state index contributed by atoms with van der Waals surface area (Å²) in [4.78, 5) is 29.6. The van der Waals surface area contributed by atoms with Crippen LogP contribution in [0.2, 0.25) is 0 Å². The Labute approximate surface area is 155 Å². The first-order chi connectivity index (χ1) is 13.0. The lowest BCUT2D eigenvalue weighted by molar-refractivity contribution is -0.125. The number of aromatic nitrogens is 2. The largest absolute Gasteiger partial charge is 0.479 e. The van der Waals surface area contributed by atoms with E-state index in [1.165, 1.54) is 4.90 Å². The molecule has 1 aromatic heterocycles. The molecule has 0 saturated carbocycles. The summed E-state index contributed by atoms with van der Waals surface area (Å²) in [6.07, 6.45) is -0.161. The summed E-state index contributed by atoms with van der Waals surface area (Å²) < 4.78 is 15.6. The molecule has 10 nitrogen and oxygen atoms in total. The maximum Gasteiger partial charge on any atom is 0.319 e. The molecular formula is C17H21N5O5. The maximum absolute atomic E-state index is 12.0. The van der Waals surface area contributed by atoms with Crippen LogP contribution < -0.4 is 20.3 Å². The highest BCUT2D eigenvalue weighted by molar-refractivity contribution is 6.00. The lowest BCUT2D eigenvalue weighted by atomic mass is 10.2. The third kappa shape index (κ3) is 4.34. The predicted octanol–water partition coefficient (Wildman–Crippen LogP) is 1.32. The second-order valence-electron chi connectivity index (χ2n) is 6.01. The number of hydrogen-bond donors (Lipinski definition) is 2. The first-order valence-corrected chi connectivity index (χ1v) is 8.41. The highest BCUT2D eigenvalue weighted by Gasteiger charge is 2.28. The fraction of sp³-hybridized carbons (Fsp3) is 0.412. The lowest BCUT2D eigenvalue weighted by Crippen LogP contribution is -2.42. The van der Waals surface area contributed by atoms with E-state index in [9.17, 15) is 9.59 Å². The van der Waals surface area contributed by atoms with Gasteiger partial charge >= 0.3 is 6.03 Å². The zero-order chi connectivity index (χ0) is 19.4. The van der Waals surface area contributed by atoms with Gasteiger partial charge in [-0.25, -0.2) is 4.79 Å². The first-order valence-electron chi connectivity index (χ1n) is 8.41. The summed E-state index contributed by atoms with van der Waals surface area (Å²) in [6, 6.07) is 4.74. The van der Waals surface area contributed by atoms with Gasteiger partial charge in [-0.3, -0.25) is 4.79 Å². The molecule has 27 heavy (non-hydrogen) atoms. The molecule has 10 heteroatoms. The Morgan fingerprint density at radius 1 is 1.41 bits per heavy atom. The predicted molar refractivity (Wildman–Crippen MR) is 95.7 cm³/mol. The van der Waals surface area contributed by atoms with Crippen molar-refractivity contribution in [2.24, 2.45) is 0 Å². The van der Waals surface area contributed by atoms with Crippen LogP contribution in [0, 0.1) is 0 Å². The van der Waals surface area contributed by atoms with E-state index in [4.69, 9.17) is 14.0 Å². The summed E-state index contributed by atoms with van der Waals surface area (Å²) in [7, 11) is 3.24. The van der Waals surface area contributed by atoms with Crippen LogP contribution in [-0.2, 0) is 22.6 Å². The number of anilines is 2. The van der Waals surface area contributed by atoms with Crippen molar-refractivity contribution >= 4 is 23.3 Å². The van der Waals surface area contributed by atoms with Gasteiger partial charge in [0.1, 0.15) is 12.4 Å². The quantitative estimate of drug-likeness (QED) is 0.781. The van der Waals surface area contributed by atoms with Crippen LogP contribution in [-0.4, -0.2) is 48.9 Å². The minimum Gasteiger partial charge on any atom is -0.479 e. The maximum atomic E-state index is 12.0. The van der Waals surface area contributed by atoms with Gasteiger partial charge < -0.3 is 29.5 Å². The highest BCUT2D eigenvalue weighted by Crippen LogP contribution is 2.35. The van der Waals surface area contributed by atoms with Crippen LogP contribution in [0.15, 0.2) is 22.7 Å². The first kappa shape index (κ1) is 18.6. The Balaban J connectivity index is 1.52. The van der Waals surface area contributed by atoms with Crippen molar-refractivity contribution in [3.05, 3.63) is 29.9 Å². The number of fused-ring (bicyclic) bond motifs is 1. The fourth-order valence-electron chi connectivity index (χ4n) is 2.63. The molecule has 1 aliphatic heterocycles. The van der Waals surface area contributed by atoms with Gasteiger partial charge in [-0.2, -0.15) is 4.98 Å². The Morgan fingerprint density at radius 2 is 2.22 bits per heavy atom. The second-order valence-corrected chi connectivity index (χ2v) is 6.01. The van der Waals surface area contributed by atoms with Crippen molar-refractivity contribution in [1.29, 1.82) is 0 Å². The normalized spacial score (nSPS) is 15.9. The van der Waals surface area contributed by atoms with Crippen LogP contribution in [0.25, 0.3) is 0 Å². The molecule has 1 aromatic carbocycles. The van der Waals surface area contributed by atoms with Gasteiger partial charge in [0.25, 0.3) is 5.91 Å². The molecule has 0 bridgehead atoms. The van der Waals surface area contributed by atoms with E-state index in [0.29, 0.717) is 41.8 Å². The summed E-state index contributed by atoms with van der Waals surface area (Å²) in [6.45, 7) is 2.29. The van der Waals surface area contributed by atoms with Crippen LogP contribution in [0.3, 0.4) is 0 Å². The number of hydrogen-bond acceptors (Lipinski definition) is 7. The molecule has 144 valence electrons. The molecule has 2 N–H and O–H groups in total. The molecule has 0 unspecified atom stereocenters. The molecule has 3 rings (SSSR count). The average molecular weight is 375 g/mol. The van der Waals surface area contributed by atoms with Gasteiger partial charge in [0.2, 0.25) is 5.89 Å². The van der Waals surface area contributed by atoms with E-state index >= 15 is 0 Å². The van der Waals surface area contributed by atoms with Crippen molar-refractivity contribution in [3.63, 3.8) is 0 Å². The number of urea groups is 1. The van der Waals surface area contributed by atoms with Crippen LogP contribution in [0.5, 0.6) is 5.75 Å². The van der Waals surface area contributed by atoms with Gasteiger partial charge in [0.05, 0.1) is 5.69 Å². The van der Waals surface area contributed by atoms with Gasteiger partial charge in [-0.1, -0.05) is 5.16 Å². The van der Waals surface area contributed by atoms with Crippen LogP contribution in [0.1, 0.15) is 18.6 Å². The summed E-state index contributed by atoms with van der Waals surface area (Å²) in [5.74, 6) is 1.31. The molecule has 0 saturated heterocycles. The molecule has 0 spiro atoms. The zero-order valence-corrected chi connectivity index (χ0v) is 15.3. The minimum absolute atomic E-state index is 0.115. The van der Waals surface area contributed by atoms with Gasteiger partial charge in [-0.05, 0) is 19.1 Å². The molecule has 0 radical (unpaired) electrons. The second kappa shape index (κ2) is 8.04. The number of ether oxygens (including phenoxy) is 2. The number of rotatable bonds is 6. The minimum atomic E-state index is -0.566. The summed E-state index contributed by atoms with van der Waals surface area (Å²) >= 11 is 0. The van der Waals surface area contributed by atoms with Crippen molar-refractivity contribution in [3.8, 4) is 5.75 Å². The molecule has 2 heterocycles. The standard InChI is InChI=1S/C17H21N5O5/c1-10-16(23)22(2)12-5-4-11(8-13(12)26-10)19-17(24)18-7-6-15-20-14(9-25-3)21-27-15/h4-5,8,10H,6-7,9H2,1-3H3,(H2,18,19,24)/t10-/m0/s1. The van der Waals surface area contributed by atoms with Crippen molar-refractivity contribution < 1.29 is 23.6 Å². The molecule has 1 atom stereocenters. The van der Waals surface area contributed by atoms with E-state index in [0.717, 1.165) is 0 Å². The number of nitrogens with zero attached hydrogens (tertiary/aromatic N) is 3. The number of methoxy groups -OCH3 is 1. The van der Waals surface area contributed by atoms with E-state index in [-0.39, 0.29) is 18.5 Å². The number of benzene rings is 1. The fourth-order valence-corrected chi connectivity index (χ4v) is 2.63. The molecule has 0 fully saturated rings. The molecule has 1 aliphatic rings. The Morgan fingerprint density at radius 3 is 3.00 bits per heavy atom. The topological polar surface area (TPSA) is 119 Å². The third-order valence-corrected chi connectivity index (χ3v) is 3.97. The van der Waals surface area contributed by atoms with Crippen LogP contribution >= 0.6 is 0 Å². The van der Waals surface area contributed by atoms with E-state index < -0.39 is 6.10 Å². The van der Waals surface area contributed by atoms with Crippen LogP contribution in [0.4, 0.5) is 16.2 Å². The van der Waals surface area contributed by atoms with E-state index in [1.807, 2.05) is 0 Å². The number of amides is 3. The Hall–Kier alpha value is -3.14. The van der Waals surface area contributed by atoms with Gasteiger partial charge in [0, 0.05) is 38.9 Å². The summed E-state index contributed by atoms with van der Waals surface area (Å²) in [5.41, 5.74) is 1.22. The van der Waals surface area contributed by atoms with Gasteiger partial charge in [0.15, 0.2) is 11.9 Å². The van der Waals surface area contributed by atoms with Gasteiger partial charge in [-0.15, -0.1) is 0 Å². The highest BCUT2D eigenvalue weighted by atomic mass is 16.5. The van der Waals surface area contributed by atoms with E-state index in [1.54, 1.807) is 39.3 Å². The van der Waals surface area contributed by atoms with Crippen molar-refractivity contribution in [2.45, 2.75) is 26.1 Å². The van der Waals surface area contributed by atoms with E-state index in [2.05, 4.69) is 20.8 Å². The number of carbonyl (C=O) groups is 2. The smallest absolute Gasteiger partial charge is 0.319 e.